The lowest BCUT2D eigenvalue weighted by Gasteiger charge is -2.16. The van der Waals surface area contributed by atoms with Crippen LogP contribution >= 0.6 is 0 Å². The van der Waals surface area contributed by atoms with E-state index >= 15 is 0 Å². The molecule has 0 aromatic heterocycles. The average Bonchev–Trinajstić information content (AvgIpc) is 2.64. The summed E-state index contributed by atoms with van der Waals surface area (Å²) < 4.78 is 32.8. The zero-order valence-electron chi connectivity index (χ0n) is 18.7. The number of aliphatic hydroxyl groups is 1. The van der Waals surface area contributed by atoms with Gasteiger partial charge < -0.3 is 5.11 Å². The second-order valence-corrected chi connectivity index (χ2v) is 10.2. The van der Waals surface area contributed by atoms with E-state index in [-0.39, 0.29) is 0 Å². The summed E-state index contributed by atoms with van der Waals surface area (Å²) in [6, 6.07) is 0. The Morgan fingerprint density at radius 1 is 0.571 bits per heavy atom. The summed E-state index contributed by atoms with van der Waals surface area (Å²) in [5.41, 5.74) is 0. The predicted octanol–water partition coefficient (Wildman–Crippen LogP) is 7.06. The lowest BCUT2D eigenvalue weighted by molar-refractivity contribution is 0.147. The summed E-state index contributed by atoms with van der Waals surface area (Å²) in [6.07, 6.45) is 19.5. The van der Waals surface area contributed by atoms with Crippen LogP contribution in [0.1, 0.15) is 136 Å². The van der Waals surface area contributed by atoms with Gasteiger partial charge in [0, 0.05) is 0 Å². The van der Waals surface area contributed by atoms with Crippen LogP contribution in [0.5, 0.6) is 0 Å². The van der Waals surface area contributed by atoms with E-state index in [1.54, 1.807) is 0 Å². The summed E-state index contributed by atoms with van der Waals surface area (Å²) >= 11 is 0. The first-order valence-electron chi connectivity index (χ1n) is 12.1. The van der Waals surface area contributed by atoms with Gasteiger partial charge in [0.1, 0.15) is 0 Å². The third-order valence-corrected chi connectivity index (χ3v) is 7.08. The van der Waals surface area contributed by atoms with Crippen molar-refractivity contribution in [3.05, 3.63) is 0 Å². The highest BCUT2D eigenvalue weighted by molar-refractivity contribution is 7.86. The molecule has 0 aliphatic heterocycles. The quantitative estimate of drug-likeness (QED) is 0.154. The average molecular weight is 421 g/mol. The lowest BCUT2D eigenvalue weighted by Crippen LogP contribution is -2.22. The Balaban J connectivity index is 3.85. The second kappa shape index (κ2) is 18.9. The predicted molar refractivity (Wildman–Crippen MR) is 120 cm³/mol. The van der Waals surface area contributed by atoms with Crippen LogP contribution in [0.25, 0.3) is 0 Å². The van der Waals surface area contributed by atoms with Gasteiger partial charge in [0.15, 0.2) is 0 Å². The van der Waals surface area contributed by atoms with Gasteiger partial charge in [-0.1, -0.05) is 110 Å². The van der Waals surface area contributed by atoms with E-state index in [9.17, 15) is 18.1 Å². The van der Waals surface area contributed by atoms with Crippen molar-refractivity contribution in [1.29, 1.82) is 0 Å². The van der Waals surface area contributed by atoms with Crippen molar-refractivity contribution in [3.63, 3.8) is 0 Å². The van der Waals surface area contributed by atoms with E-state index in [0.717, 1.165) is 38.5 Å². The van der Waals surface area contributed by atoms with E-state index in [4.69, 9.17) is 0 Å². The smallest absolute Gasteiger partial charge is 0.267 e. The lowest BCUT2D eigenvalue weighted by atomic mass is 10.0. The standard InChI is InChI=1S/C23H48O4S/c1-3-5-7-9-11-13-15-17-19-23(28(25,26)27)21-20-22(24)18-16-14-12-10-8-6-4-2/h22-24H,3-21H2,1-2H3,(H,25,26,27). The van der Waals surface area contributed by atoms with Crippen molar-refractivity contribution in [2.24, 2.45) is 0 Å². The molecular weight excluding hydrogens is 372 g/mol. The van der Waals surface area contributed by atoms with Crippen molar-refractivity contribution in [3.8, 4) is 0 Å². The van der Waals surface area contributed by atoms with Gasteiger partial charge >= 0.3 is 0 Å². The van der Waals surface area contributed by atoms with Crippen molar-refractivity contribution in [2.45, 2.75) is 147 Å². The molecule has 0 aliphatic rings. The fourth-order valence-electron chi connectivity index (χ4n) is 3.81. The molecule has 5 heteroatoms. The van der Waals surface area contributed by atoms with E-state index in [1.165, 1.54) is 64.2 Å². The highest BCUT2D eigenvalue weighted by Gasteiger charge is 2.23. The zero-order valence-corrected chi connectivity index (χ0v) is 19.5. The van der Waals surface area contributed by atoms with Crippen molar-refractivity contribution < 1.29 is 18.1 Å². The normalized spacial score (nSPS) is 14.3. The molecule has 0 heterocycles. The SMILES string of the molecule is CCCCCCCCCCC(CCC(O)CCCCCCCCC)S(=O)(=O)O. The number of hydrogen-bond acceptors (Lipinski definition) is 3. The van der Waals surface area contributed by atoms with Gasteiger partial charge in [-0.25, -0.2) is 0 Å². The molecule has 2 unspecified atom stereocenters. The van der Waals surface area contributed by atoms with Crippen LogP contribution in [-0.4, -0.2) is 29.4 Å². The van der Waals surface area contributed by atoms with E-state index in [2.05, 4.69) is 13.8 Å². The molecule has 0 fully saturated rings. The van der Waals surface area contributed by atoms with E-state index in [1.807, 2.05) is 0 Å². The largest absolute Gasteiger partial charge is 0.393 e. The van der Waals surface area contributed by atoms with Crippen molar-refractivity contribution in [1.82, 2.24) is 0 Å². The Kier molecular flexibility index (Phi) is 18.8. The first-order chi connectivity index (χ1) is 13.4. The molecule has 0 saturated heterocycles. The Bertz CT molecular complexity index is 422. The van der Waals surface area contributed by atoms with Gasteiger partial charge in [-0.2, -0.15) is 8.42 Å². The molecule has 0 spiro atoms. The number of rotatable bonds is 21. The minimum absolute atomic E-state index is 0.368. The molecular formula is C23H48O4S. The molecule has 2 N–H and O–H groups in total. The first-order valence-corrected chi connectivity index (χ1v) is 13.6. The summed E-state index contributed by atoms with van der Waals surface area (Å²) in [4.78, 5) is 0. The fourth-order valence-corrected chi connectivity index (χ4v) is 4.71. The summed E-state index contributed by atoms with van der Waals surface area (Å²) in [7, 11) is -4.01. The van der Waals surface area contributed by atoms with Crippen LogP contribution in [0.2, 0.25) is 0 Å². The zero-order chi connectivity index (χ0) is 21.1. The van der Waals surface area contributed by atoms with Gasteiger partial charge in [0.05, 0.1) is 11.4 Å². The van der Waals surface area contributed by atoms with Crippen molar-refractivity contribution >= 4 is 10.1 Å². The van der Waals surface area contributed by atoms with Crippen LogP contribution in [0.3, 0.4) is 0 Å². The number of unbranched alkanes of at least 4 members (excludes halogenated alkanes) is 13. The molecule has 28 heavy (non-hydrogen) atoms. The Labute approximate surface area is 175 Å². The minimum Gasteiger partial charge on any atom is -0.393 e. The molecule has 0 amide bonds. The summed E-state index contributed by atoms with van der Waals surface area (Å²) in [5.74, 6) is 0. The van der Waals surface area contributed by atoms with Crippen LogP contribution in [0, 0.1) is 0 Å². The molecule has 170 valence electrons. The molecule has 4 nitrogen and oxygen atoms in total. The number of aliphatic hydroxyl groups excluding tert-OH is 1. The molecule has 0 aromatic rings. The Morgan fingerprint density at radius 3 is 1.39 bits per heavy atom. The second-order valence-electron chi connectivity index (χ2n) is 8.54. The molecule has 0 bridgehead atoms. The summed E-state index contributed by atoms with van der Waals surface area (Å²) in [5, 5.41) is 9.43. The van der Waals surface area contributed by atoms with Crippen LogP contribution < -0.4 is 0 Å². The van der Waals surface area contributed by atoms with Crippen LogP contribution in [0.4, 0.5) is 0 Å². The monoisotopic (exact) mass is 420 g/mol. The van der Waals surface area contributed by atoms with Gasteiger partial charge in [-0.15, -0.1) is 0 Å². The molecule has 2 atom stereocenters. The molecule has 0 rings (SSSR count). The highest BCUT2D eigenvalue weighted by Crippen LogP contribution is 2.20. The maximum absolute atomic E-state index is 11.6. The number of hydrogen-bond donors (Lipinski definition) is 2. The molecule has 0 saturated carbocycles. The van der Waals surface area contributed by atoms with Crippen molar-refractivity contribution in [2.75, 3.05) is 0 Å². The Morgan fingerprint density at radius 2 is 0.964 bits per heavy atom. The van der Waals surface area contributed by atoms with Gasteiger partial charge in [-0.3, -0.25) is 4.55 Å². The van der Waals surface area contributed by atoms with Gasteiger partial charge in [-0.05, 0) is 25.7 Å². The maximum Gasteiger partial charge on any atom is 0.267 e. The van der Waals surface area contributed by atoms with Crippen LogP contribution in [-0.2, 0) is 10.1 Å². The van der Waals surface area contributed by atoms with Crippen LogP contribution in [0.15, 0.2) is 0 Å². The topological polar surface area (TPSA) is 74.6 Å². The van der Waals surface area contributed by atoms with E-state index < -0.39 is 21.5 Å². The molecule has 0 aromatic carbocycles. The summed E-state index contributed by atoms with van der Waals surface area (Å²) in [6.45, 7) is 4.42. The highest BCUT2D eigenvalue weighted by atomic mass is 32.2. The third kappa shape index (κ3) is 17.9. The minimum atomic E-state index is -4.01. The Hall–Kier alpha value is -0.130. The third-order valence-electron chi connectivity index (χ3n) is 5.76. The maximum atomic E-state index is 11.6. The van der Waals surface area contributed by atoms with Gasteiger partial charge in [0.25, 0.3) is 10.1 Å². The van der Waals surface area contributed by atoms with Gasteiger partial charge in [0.2, 0.25) is 0 Å². The molecule has 0 aliphatic carbocycles. The first kappa shape index (κ1) is 27.9. The van der Waals surface area contributed by atoms with E-state index in [0.29, 0.717) is 19.3 Å². The fraction of sp³-hybridized carbons (Fsp3) is 1.00. The molecule has 0 radical (unpaired) electrons.